The second-order valence-electron chi connectivity index (χ2n) is 14.0. The number of hydrogen-bond donors (Lipinski definition) is 1. The summed E-state index contributed by atoms with van der Waals surface area (Å²) < 4.78 is 0. The Morgan fingerprint density at radius 1 is 0.969 bits per heavy atom. The second kappa shape index (κ2) is 7.96. The monoisotopic (exact) mass is 442 g/mol. The first-order valence-electron chi connectivity index (χ1n) is 13.7. The van der Waals surface area contributed by atoms with E-state index in [1.807, 2.05) is 0 Å². The summed E-state index contributed by atoms with van der Waals surface area (Å²) in [5, 5.41) is 10.8. The predicted molar refractivity (Wildman–Crippen MR) is 133 cm³/mol. The van der Waals surface area contributed by atoms with Gasteiger partial charge in [0.05, 0.1) is 6.10 Å². The first-order valence-corrected chi connectivity index (χ1v) is 13.7. The quantitative estimate of drug-likeness (QED) is 0.473. The third kappa shape index (κ3) is 3.32. The third-order valence-electron chi connectivity index (χ3n) is 11.7. The molecule has 0 amide bonds. The van der Waals surface area contributed by atoms with Gasteiger partial charge < -0.3 is 5.11 Å². The molecule has 0 spiro atoms. The molecule has 0 aliphatic heterocycles. The molecule has 32 heavy (non-hydrogen) atoms. The lowest BCUT2D eigenvalue weighted by atomic mass is 9.43. The highest BCUT2D eigenvalue weighted by molar-refractivity contribution is 5.99. The van der Waals surface area contributed by atoms with Gasteiger partial charge in [-0.05, 0) is 78.4 Å². The van der Waals surface area contributed by atoms with E-state index < -0.39 is 0 Å². The minimum atomic E-state index is -0.289. The summed E-state index contributed by atoms with van der Waals surface area (Å²) in [4.78, 5) is 13.9. The van der Waals surface area contributed by atoms with E-state index in [0.29, 0.717) is 12.2 Å². The molecule has 7 atom stereocenters. The number of fused-ring (bicyclic) bond motifs is 4. The molecule has 7 unspecified atom stereocenters. The first-order chi connectivity index (χ1) is 14.8. The normalized spacial score (nSPS) is 44.3. The van der Waals surface area contributed by atoms with Gasteiger partial charge in [-0.3, -0.25) is 4.79 Å². The molecule has 182 valence electrons. The van der Waals surface area contributed by atoms with Crippen molar-refractivity contribution in [2.24, 2.45) is 45.3 Å². The van der Waals surface area contributed by atoms with E-state index in [4.69, 9.17) is 0 Å². The van der Waals surface area contributed by atoms with Gasteiger partial charge >= 0.3 is 0 Å². The van der Waals surface area contributed by atoms with Gasteiger partial charge in [-0.1, -0.05) is 80.2 Å². The van der Waals surface area contributed by atoms with Gasteiger partial charge in [0.2, 0.25) is 0 Å². The SMILES string of the molecule is CC(C)CCCC(C)C1CCC2(C)C3=C(CCC12C)C1(C)CCC(O)C(C)(C)C1CC3=O. The predicted octanol–water partition coefficient (Wildman–Crippen LogP) is 7.74. The lowest BCUT2D eigenvalue weighted by Gasteiger charge is -2.61. The van der Waals surface area contributed by atoms with E-state index in [0.717, 1.165) is 37.0 Å². The maximum absolute atomic E-state index is 13.9. The number of aliphatic hydroxyl groups excluding tert-OH is 1. The molecule has 0 bridgehead atoms. The van der Waals surface area contributed by atoms with Crippen molar-refractivity contribution in [3.05, 3.63) is 11.1 Å². The second-order valence-corrected chi connectivity index (χ2v) is 14.0. The zero-order valence-electron chi connectivity index (χ0n) is 22.3. The Kier molecular flexibility index (Phi) is 6.09. The number of ketones is 1. The summed E-state index contributed by atoms with van der Waals surface area (Å²) in [6.45, 7) is 19.0. The number of Topliss-reactive ketones (excluding diaryl/α,β-unsaturated/α-hetero) is 1. The lowest BCUT2D eigenvalue weighted by Crippen LogP contribution is -2.57. The summed E-state index contributed by atoms with van der Waals surface area (Å²) in [5.41, 5.74) is 2.93. The topological polar surface area (TPSA) is 37.3 Å². The van der Waals surface area contributed by atoms with Crippen LogP contribution in [0.4, 0.5) is 0 Å². The molecule has 0 aromatic carbocycles. The van der Waals surface area contributed by atoms with Crippen LogP contribution in [0.3, 0.4) is 0 Å². The fraction of sp³-hybridized carbons (Fsp3) is 0.900. The van der Waals surface area contributed by atoms with E-state index in [2.05, 4.69) is 55.4 Å². The molecular formula is C30H50O2. The van der Waals surface area contributed by atoms with Crippen molar-refractivity contribution in [2.75, 3.05) is 0 Å². The van der Waals surface area contributed by atoms with Crippen LogP contribution in [0.25, 0.3) is 0 Å². The maximum Gasteiger partial charge on any atom is 0.159 e. The zero-order chi connectivity index (χ0) is 23.7. The highest BCUT2D eigenvalue weighted by atomic mass is 16.3. The van der Waals surface area contributed by atoms with Crippen LogP contribution in [0.2, 0.25) is 0 Å². The lowest BCUT2D eigenvalue weighted by molar-refractivity contribution is -0.134. The van der Waals surface area contributed by atoms with Gasteiger partial charge in [0.15, 0.2) is 5.78 Å². The van der Waals surface area contributed by atoms with Gasteiger partial charge in [-0.2, -0.15) is 0 Å². The van der Waals surface area contributed by atoms with Crippen LogP contribution < -0.4 is 0 Å². The zero-order valence-corrected chi connectivity index (χ0v) is 22.3. The van der Waals surface area contributed by atoms with Gasteiger partial charge in [-0.25, -0.2) is 0 Å². The van der Waals surface area contributed by atoms with Crippen LogP contribution in [0.5, 0.6) is 0 Å². The number of carbonyl (C=O) groups excluding carboxylic acids is 1. The van der Waals surface area contributed by atoms with E-state index in [-0.39, 0.29) is 33.7 Å². The minimum absolute atomic E-state index is 0.0306. The number of carbonyl (C=O) groups is 1. The molecule has 0 aromatic rings. The van der Waals surface area contributed by atoms with Crippen LogP contribution >= 0.6 is 0 Å². The Morgan fingerprint density at radius 3 is 2.31 bits per heavy atom. The van der Waals surface area contributed by atoms with Crippen molar-refractivity contribution in [1.82, 2.24) is 0 Å². The van der Waals surface area contributed by atoms with Gasteiger partial charge in [0.25, 0.3) is 0 Å². The molecule has 1 N–H and O–H groups in total. The summed E-state index contributed by atoms with van der Waals surface area (Å²) in [6.07, 6.45) is 11.1. The molecule has 4 aliphatic carbocycles. The standard InChI is InChI=1S/C30H50O2/c1-19(2)10-9-11-20(3)21-12-17-30(8)26-22(13-16-29(21,30)7)28(6)15-14-25(32)27(4,5)24(28)18-23(26)31/h19-21,24-25,32H,9-18H2,1-8H3. The van der Waals surface area contributed by atoms with Crippen molar-refractivity contribution >= 4 is 5.78 Å². The average Bonchev–Trinajstić information content (AvgIpc) is 2.98. The molecule has 4 aliphatic rings. The molecule has 0 saturated heterocycles. The molecule has 0 aromatic heterocycles. The molecular weight excluding hydrogens is 392 g/mol. The summed E-state index contributed by atoms with van der Waals surface area (Å²) in [5.74, 6) is 2.96. The fourth-order valence-electron chi connectivity index (χ4n) is 9.35. The Labute approximate surface area is 198 Å². The summed E-state index contributed by atoms with van der Waals surface area (Å²) >= 11 is 0. The van der Waals surface area contributed by atoms with Gasteiger partial charge in [0, 0.05) is 17.4 Å². The fourth-order valence-corrected chi connectivity index (χ4v) is 9.35. The van der Waals surface area contributed by atoms with E-state index in [1.54, 1.807) is 0 Å². The van der Waals surface area contributed by atoms with Crippen LogP contribution in [-0.4, -0.2) is 17.0 Å². The van der Waals surface area contributed by atoms with E-state index >= 15 is 0 Å². The van der Waals surface area contributed by atoms with Crippen molar-refractivity contribution in [3.63, 3.8) is 0 Å². The Bertz CT molecular complexity index is 791. The first kappa shape index (κ1) is 24.5. The molecule has 2 nitrogen and oxygen atoms in total. The van der Waals surface area contributed by atoms with Crippen LogP contribution in [0.1, 0.15) is 120 Å². The number of allylic oxidation sites excluding steroid dienone is 2. The smallest absolute Gasteiger partial charge is 0.159 e. The van der Waals surface area contributed by atoms with Crippen molar-refractivity contribution in [3.8, 4) is 0 Å². The van der Waals surface area contributed by atoms with Gasteiger partial charge in [0.1, 0.15) is 0 Å². The Hall–Kier alpha value is -0.630. The largest absolute Gasteiger partial charge is 0.393 e. The number of rotatable bonds is 5. The molecule has 2 heteroatoms. The average molecular weight is 443 g/mol. The minimum Gasteiger partial charge on any atom is -0.393 e. The molecule has 0 heterocycles. The Balaban J connectivity index is 1.68. The van der Waals surface area contributed by atoms with Crippen LogP contribution in [-0.2, 0) is 4.79 Å². The van der Waals surface area contributed by atoms with Crippen molar-refractivity contribution in [1.29, 1.82) is 0 Å². The summed E-state index contributed by atoms with van der Waals surface area (Å²) in [7, 11) is 0. The van der Waals surface area contributed by atoms with E-state index in [1.165, 1.54) is 49.7 Å². The molecule has 4 rings (SSSR count). The van der Waals surface area contributed by atoms with Crippen LogP contribution in [0.15, 0.2) is 11.1 Å². The van der Waals surface area contributed by atoms with Crippen molar-refractivity contribution < 1.29 is 9.90 Å². The van der Waals surface area contributed by atoms with E-state index in [9.17, 15) is 9.90 Å². The highest BCUT2D eigenvalue weighted by Gasteiger charge is 2.65. The molecule has 0 radical (unpaired) electrons. The maximum atomic E-state index is 13.9. The summed E-state index contributed by atoms with van der Waals surface area (Å²) in [6, 6.07) is 0. The molecule has 2 fully saturated rings. The third-order valence-corrected chi connectivity index (χ3v) is 11.7. The van der Waals surface area contributed by atoms with Crippen LogP contribution in [0, 0.1) is 45.3 Å². The van der Waals surface area contributed by atoms with Crippen molar-refractivity contribution in [2.45, 2.75) is 126 Å². The molecule has 2 saturated carbocycles. The highest BCUT2D eigenvalue weighted by Crippen LogP contribution is 2.71. The van der Waals surface area contributed by atoms with Gasteiger partial charge in [-0.15, -0.1) is 0 Å². The number of aliphatic hydroxyl groups is 1. The number of hydrogen-bond acceptors (Lipinski definition) is 2. The Morgan fingerprint density at radius 2 is 1.66 bits per heavy atom.